The molecule has 0 aliphatic heterocycles. The number of thioether (sulfide) groups is 1. The third-order valence-corrected chi connectivity index (χ3v) is 5.44. The molecule has 1 aliphatic carbocycles. The Morgan fingerprint density at radius 3 is 2.27 bits per heavy atom. The molecule has 0 atom stereocenters. The molecule has 6 heteroatoms. The zero-order valence-electron chi connectivity index (χ0n) is 14.6. The number of carbonyl (C=O) groups excluding carboxylic acids is 2. The van der Waals surface area contributed by atoms with Gasteiger partial charge in [0.2, 0.25) is 11.8 Å². The summed E-state index contributed by atoms with van der Waals surface area (Å²) >= 11 is 1.46. The number of pyridine rings is 1. The van der Waals surface area contributed by atoms with Crippen molar-refractivity contribution in [1.29, 1.82) is 0 Å². The minimum absolute atomic E-state index is 0.0594. The van der Waals surface area contributed by atoms with Crippen LogP contribution in [0.15, 0.2) is 53.7 Å². The van der Waals surface area contributed by atoms with Gasteiger partial charge in [-0.05, 0) is 49.2 Å². The normalized spacial score (nSPS) is 14.6. The molecule has 1 saturated carbocycles. The molecule has 0 unspecified atom stereocenters. The third-order valence-electron chi connectivity index (χ3n) is 4.43. The van der Waals surface area contributed by atoms with E-state index in [1.54, 1.807) is 24.5 Å². The molecule has 136 valence electrons. The summed E-state index contributed by atoms with van der Waals surface area (Å²) in [4.78, 5) is 29.1. The monoisotopic (exact) mass is 369 g/mol. The van der Waals surface area contributed by atoms with Gasteiger partial charge in [0, 0.05) is 34.6 Å². The van der Waals surface area contributed by atoms with Crippen molar-refractivity contribution in [1.82, 2.24) is 4.98 Å². The maximum absolute atomic E-state index is 12.3. The van der Waals surface area contributed by atoms with Crippen molar-refractivity contribution in [2.24, 2.45) is 5.92 Å². The fourth-order valence-electron chi connectivity index (χ4n) is 3.02. The Morgan fingerprint density at radius 1 is 0.923 bits per heavy atom. The highest BCUT2D eigenvalue weighted by molar-refractivity contribution is 8.00. The van der Waals surface area contributed by atoms with Crippen molar-refractivity contribution in [3.63, 3.8) is 0 Å². The Kier molecular flexibility index (Phi) is 6.66. The molecule has 0 saturated heterocycles. The molecule has 1 aliphatic rings. The van der Waals surface area contributed by atoms with E-state index in [1.807, 2.05) is 24.3 Å². The molecular weight excluding hydrogens is 346 g/mol. The number of hydrogen-bond donors (Lipinski definition) is 2. The fraction of sp³-hybridized carbons (Fsp3) is 0.350. The van der Waals surface area contributed by atoms with Gasteiger partial charge < -0.3 is 10.6 Å². The second kappa shape index (κ2) is 9.38. The largest absolute Gasteiger partial charge is 0.326 e. The number of rotatable bonds is 6. The van der Waals surface area contributed by atoms with Crippen LogP contribution in [0.5, 0.6) is 0 Å². The Bertz CT molecular complexity index is 728. The van der Waals surface area contributed by atoms with Gasteiger partial charge in [-0.1, -0.05) is 19.3 Å². The third kappa shape index (κ3) is 5.59. The van der Waals surface area contributed by atoms with Crippen LogP contribution in [0.3, 0.4) is 0 Å². The lowest BCUT2D eigenvalue weighted by molar-refractivity contribution is -0.120. The maximum atomic E-state index is 12.3. The standard InChI is InChI=1S/C20H23N3O2S/c24-19(22-17-10-12-21-13-11-17)14-26-18-8-6-16(7-9-18)23-20(25)15-4-2-1-3-5-15/h6-13,15H,1-5,14H2,(H,23,25)(H,21,22,24). The molecule has 2 N–H and O–H groups in total. The lowest BCUT2D eigenvalue weighted by Crippen LogP contribution is -2.24. The molecule has 1 heterocycles. The fourth-order valence-corrected chi connectivity index (χ4v) is 3.72. The summed E-state index contributed by atoms with van der Waals surface area (Å²) < 4.78 is 0. The van der Waals surface area contributed by atoms with E-state index in [9.17, 15) is 9.59 Å². The van der Waals surface area contributed by atoms with E-state index >= 15 is 0 Å². The Hall–Kier alpha value is -2.34. The molecule has 1 aromatic carbocycles. The summed E-state index contributed by atoms with van der Waals surface area (Å²) in [5.41, 5.74) is 1.55. The molecule has 5 nitrogen and oxygen atoms in total. The van der Waals surface area contributed by atoms with E-state index in [0.717, 1.165) is 42.0 Å². The number of aromatic nitrogens is 1. The van der Waals surface area contributed by atoms with Gasteiger partial charge in [-0.3, -0.25) is 14.6 Å². The van der Waals surface area contributed by atoms with E-state index in [1.165, 1.54) is 18.2 Å². The summed E-state index contributed by atoms with van der Waals surface area (Å²) in [5.74, 6) is 0.545. The highest BCUT2D eigenvalue weighted by atomic mass is 32.2. The first kappa shape index (κ1) is 18.5. The number of amides is 2. The SMILES string of the molecule is O=C(CSc1ccc(NC(=O)C2CCCCC2)cc1)Nc1ccncc1. The molecule has 0 spiro atoms. The summed E-state index contributed by atoms with van der Waals surface area (Å²) in [6, 6.07) is 11.2. The van der Waals surface area contributed by atoms with Gasteiger partial charge in [0.25, 0.3) is 0 Å². The van der Waals surface area contributed by atoms with Crippen LogP contribution in [0.1, 0.15) is 32.1 Å². The van der Waals surface area contributed by atoms with Crippen LogP contribution in [0.2, 0.25) is 0 Å². The predicted octanol–water partition coefficient (Wildman–Crippen LogP) is 4.33. The van der Waals surface area contributed by atoms with Crippen molar-refractivity contribution in [2.75, 3.05) is 16.4 Å². The number of hydrogen-bond acceptors (Lipinski definition) is 4. The second-order valence-corrected chi connectivity index (χ2v) is 7.47. The molecule has 3 rings (SSSR count). The van der Waals surface area contributed by atoms with Gasteiger partial charge in [-0.15, -0.1) is 11.8 Å². The van der Waals surface area contributed by atoms with Gasteiger partial charge in [-0.25, -0.2) is 0 Å². The average Bonchev–Trinajstić information content (AvgIpc) is 2.69. The van der Waals surface area contributed by atoms with Crippen molar-refractivity contribution >= 4 is 35.0 Å². The van der Waals surface area contributed by atoms with Crippen LogP contribution in [0, 0.1) is 5.92 Å². The number of nitrogens with zero attached hydrogens (tertiary/aromatic N) is 1. The van der Waals surface area contributed by atoms with Gasteiger partial charge in [0.15, 0.2) is 0 Å². The molecule has 1 fully saturated rings. The van der Waals surface area contributed by atoms with E-state index in [2.05, 4.69) is 15.6 Å². The highest BCUT2D eigenvalue weighted by Crippen LogP contribution is 2.26. The lowest BCUT2D eigenvalue weighted by atomic mass is 9.88. The first-order valence-electron chi connectivity index (χ1n) is 8.94. The quantitative estimate of drug-likeness (QED) is 0.744. The minimum atomic E-state index is -0.0594. The molecule has 26 heavy (non-hydrogen) atoms. The molecule has 2 aromatic rings. The molecular formula is C20H23N3O2S. The van der Waals surface area contributed by atoms with Crippen LogP contribution in [0.25, 0.3) is 0 Å². The lowest BCUT2D eigenvalue weighted by Gasteiger charge is -2.20. The minimum Gasteiger partial charge on any atom is -0.326 e. The Labute approximate surface area is 158 Å². The van der Waals surface area contributed by atoms with Gasteiger partial charge in [0.1, 0.15) is 0 Å². The maximum Gasteiger partial charge on any atom is 0.234 e. The second-order valence-electron chi connectivity index (χ2n) is 6.42. The van der Waals surface area contributed by atoms with Crippen molar-refractivity contribution in [3.05, 3.63) is 48.8 Å². The van der Waals surface area contributed by atoms with Crippen LogP contribution < -0.4 is 10.6 Å². The zero-order chi connectivity index (χ0) is 18.2. The number of nitrogens with one attached hydrogen (secondary N) is 2. The van der Waals surface area contributed by atoms with E-state index in [4.69, 9.17) is 0 Å². The van der Waals surface area contributed by atoms with Crippen LogP contribution >= 0.6 is 11.8 Å². The summed E-state index contributed by atoms with van der Waals surface area (Å²) in [5, 5.41) is 5.83. The van der Waals surface area contributed by atoms with E-state index in [-0.39, 0.29) is 17.7 Å². The summed E-state index contributed by atoms with van der Waals surface area (Å²) in [6.07, 6.45) is 8.81. The van der Waals surface area contributed by atoms with Gasteiger partial charge in [-0.2, -0.15) is 0 Å². The molecule has 2 amide bonds. The smallest absolute Gasteiger partial charge is 0.234 e. The van der Waals surface area contributed by atoms with Crippen molar-refractivity contribution in [3.8, 4) is 0 Å². The summed E-state index contributed by atoms with van der Waals surface area (Å²) in [6.45, 7) is 0. The number of benzene rings is 1. The first-order chi connectivity index (χ1) is 12.7. The predicted molar refractivity (Wildman–Crippen MR) is 105 cm³/mol. The Balaban J connectivity index is 1.45. The number of carbonyl (C=O) groups is 2. The Morgan fingerprint density at radius 2 is 1.58 bits per heavy atom. The van der Waals surface area contributed by atoms with Crippen LogP contribution in [-0.2, 0) is 9.59 Å². The van der Waals surface area contributed by atoms with Gasteiger partial charge in [0.05, 0.1) is 5.75 Å². The summed E-state index contributed by atoms with van der Waals surface area (Å²) in [7, 11) is 0. The topological polar surface area (TPSA) is 71.1 Å². The van der Waals surface area contributed by atoms with Gasteiger partial charge >= 0.3 is 0 Å². The average molecular weight is 369 g/mol. The first-order valence-corrected chi connectivity index (χ1v) is 9.93. The van der Waals surface area contributed by atoms with Crippen molar-refractivity contribution in [2.45, 2.75) is 37.0 Å². The zero-order valence-corrected chi connectivity index (χ0v) is 15.4. The van der Waals surface area contributed by atoms with Crippen LogP contribution in [-0.4, -0.2) is 22.6 Å². The molecule has 0 bridgehead atoms. The van der Waals surface area contributed by atoms with Crippen LogP contribution in [0.4, 0.5) is 11.4 Å². The van der Waals surface area contributed by atoms with E-state index in [0.29, 0.717) is 5.75 Å². The molecule has 0 radical (unpaired) electrons. The van der Waals surface area contributed by atoms with E-state index < -0.39 is 0 Å². The van der Waals surface area contributed by atoms with Crippen molar-refractivity contribution < 1.29 is 9.59 Å². The highest BCUT2D eigenvalue weighted by Gasteiger charge is 2.20. The number of anilines is 2. The molecule has 1 aromatic heterocycles.